The van der Waals surface area contributed by atoms with Crippen LogP contribution in [0.4, 0.5) is 4.79 Å². The Balaban J connectivity index is 1.46. The second-order valence-corrected chi connectivity index (χ2v) is 6.68. The minimum Gasteiger partial charge on any atom is -0.496 e. The molecule has 1 saturated heterocycles. The fourth-order valence-electron chi connectivity index (χ4n) is 3.32. The number of fused-ring (bicyclic) bond motifs is 1. The highest BCUT2D eigenvalue weighted by Gasteiger charge is 2.24. The van der Waals surface area contributed by atoms with Crippen LogP contribution in [0.3, 0.4) is 0 Å². The number of amides is 3. The highest BCUT2D eigenvalue weighted by Crippen LogP contribution is 2.25. The number of nitrogens with one attached hydrogen (secondary N) is 2. The summed E-state index contributed by atoms with van der Waals surface area (Å²) >= 11 is 0. The lowest BCUT2D eigenvalue weighted by Crippen LogP contribution is -2.51. The summed E-state index contributed by atoms with van der Waals surface area (Å²) < 4.78 is 10.3. The normalized spacial score (nSPS) is 14.0. The Morgan fingerprint density at radius 2 is 1.86 bits per heavy atom. The van der Waals surface area contributed by atoms with Crippen molar-refractivity contribution in [3.8, 4) is 5.75 Å². The molecule has 156 valence electrons. The molecular weight excluding hydrogens is 376 g/mol. The Morgan fingerprint density at radius 1 is 1.14 bits per heavy atom. The van der Waals surface area contributed by atoms with E-state index in [0.29, 0.717) is 44.2 Å². The van der Waals surface area contributed by atoms with E-state index >= 15 is 0 Å². The Morgan fingerprint density at radius 3 is 2.55 bits per heavy atom. The molecule has 0 aliphatic carbocycles. The number of methoxy groups -OCH3 is 1. The zero-order valence-electron chi connectivity index (χ0n) is 16.7. The molecule has 9 nitrogen and oxygen atoms in total. The van der Waals surface area contributed by atoms with Gasteiger partial charge in [-0.15, -0.1) is 0 Å². The molecule has 0 spiro atoms. The van der Waals surface area contributed by atoms with Crippen molar-refractivity contribution >= 4 is 28.8 Å². The molecule has 29 heavy (non-hydrogen) atoms. The zero-order valence-corrected chi connectivity index (χ0v) is 16.7. The fourth-order valence-corrected chi connectivity index (χ4v) is 3.32. The minimum atomic E-state index is -0.346. The first-order valence-electron chi connectivity index (χ1n) is 9.67. The van der Waals surface area contributed by atoms with E-state index in [2.05, 4.69) is 10.3 Å². The topological polar surface area (TPSA) is 104 Å². The van der Waals surface area contributed by atoms with Crippen LogP contribution in [0.15, 0.2) is 24.3 Å². The third-order valence-corrected chi connectivity index (χ3v) is 4.87. The first-order chi connectivity index (χ1) is 14.0. The lowest BCUT2D eigenvalue weighted by molar-refractivity contribution is -0.132. The molecule has 0 radical (unpaired) electrons. The maximum Gasteiger partial charge on any atom is 0.409 e. The molecule has 0 saturated carbocycles. The summed E-state index contributed by atoms with van der Waals surface area (Å²) in [6.45, 7) is 4.17. The molecule has 1 aliphatic heterocycles. The molecule has 1 aromatic heterocycles. The number of nitrogens with zero attached hydrogens (tertiary/aromatic N) is 2. The molecule has 9 heteroatoms. The summed E-state index contributed by atoms with van der Waals surface area (Å²) in [6.07, 6.45) is -0.142. The predicted octanol–water partition coefficient (Wildman–Crippen LogP) is 1.60. The molecule has 3 rings (SSSR count). The number of hydrogen-bond acceptors (Lipinski definition) is 5. The number of aromatic amines is 1. The number of ether oxygens (including phenoxy) is 2. The van der Waals surface area contributed by atoms with Crippen molar-refractivity contribution < 1.29 is 23.9 Å². The number of carbonyl (C=O) groups is 3. The molecule has 0 unspecified atom stereocenters. The van der Waals surface area contributed by atoms with E-state index in [4.69, 9.17) is 9.47 Å². The highest BCUT2D eigenvalue weighted by atomic mass is 16.6. The van der Waals surface area contributed by atoms with Crippen molar-refractivity contribution in [2.24, 2.45) is 0 Å². The van der Waals surface area contributed by atoms with Crippen LogP contribution in [0.2, 0.25) is 0 Å². The second kappa shape index (κ2) is 9.31. The lowest BCUT2D eigenvalue weighted by Gasteiger charge is -2.34. The van der Waals surface area contributed by atoms with Crippen LogP contribution >= 0.6 is 0 Å². The van der Waals surface area contributed by atoms with Crippen molar-refractivity contribution in [3.05, 3.63) is 30.0 Å². The molecule has 0 bridgehead atoms. The minimum absolute atomic E-state index is 0.0490. The van der Waals surface area contributed by atoms with Crippen LogP contribution in [-0.4, -0.2) is 79.1 Å². The summed E-state index contributed by atoms with van der Waals surface area (Å²) in [7, 11) is 1.58. The van der Waals surface area contributed by atoms with Crippen LogP contribution in [-0.2, 0) is 9.53 Å². The average Bonchev–Trinajstić information content (AvgIpc) is 3.18. The quantitative estimate of drug-likeness (QED) is 0.764. The number of piperazine rings is 1. The van der Waals surface area contributed by atoms with Gasteiger partial charge in [0.05, 0.1) is 13.7 Å². The molecule has 1 fully saturated rings. The van der Waals surface area contributed by atoms with Gasteiger partial charge in [-0.05, 0) is 25.1 Å². The first-order valence-corrected chi connectivity index (χ1v) is 9.67. The van der Waals surface area contributed by atoms with Gasteiger partial charge in [0.1, 0.15) is 11.4 Å². The van der Waals surface area contributed by atoms with Gasteiger partial charge in [-0.2, -0.15) is 0 Å². The number of hydrogen-bond donors (Lipinski definition) is 2. The van der Waals surface area contributed by atoms with E-state index in [1.807, 2.05) is 18.2 Å². The molecule has 0 atom stereocenters. The zero-order chi connectivity index (χ0) is 20.8. The van der Waals surface area contributed by atoms with Gasteiger partial charge in [0.25, 0.3) is 5.91 Å². The van der Waals surface area contributed by atoms with E-state index in [1.165, 1.54) is 0 Å². The Labute approximate surface area is 168 Å². The summed E-state index contributed by atoms with van der Waals surface area (Å²) in [4.78, 5) is 42.8. The molecule has 3 amide bonds. The van der Waals surface area contributed by atoms with Crippen molar-refractivity contribution in [1.82, 2.24) is 20.1 Å². The predicted molar refractivity (Wildman–Crippen MR) is 107 cm³/mol. The number of rotatable bonds is 6. The molecule has 2 heterocycles. The van der Waals surface area contributed by atoms with Crippen LogP contribution in [0.5, 0.6) is 5.75 Å². The van der Waals surface area contributed by atoms with Crippen LogP contribution in [0.25, 0.3) is 10.9 Å². The van der Waals surface area contributed by atoms with Crippen molar-refractivity contribution in [2.75, 3.05) is 46.4 Å². The van der Waals surface area contributed by atoms with Gasteiger partial charge < -0.3 is 29.6 Å². The van der Waals surface area contributed by atoms with Gasteiger partial charge in [0.15, 0.2) is 0 Å². The third kappa shape index (κ3) is 4.79. The van der Waals surface area contributed by atoms with E-state index in [9.17, 15) is 14.4 Å². The fraction of sp³-hybridized carbons (Fsp3) is 0.450. The monoisotopic (exact) mass is 402 g/mol. The van der Waals surface area contributed by atoms with Gasteiger partial charge >= 0.3 is 6.09 Å². The van der Waals surface area contributed by atoms with Gasteiger partial charge in [-0.3, -0.25) is 9.59 Å². The maximum atomic E-state index is 12.4. The van der Waals surface area contributed by atoms with Crippen molar-refractivity contribution in [1.29, 1.82) is 0 Å². The van der Waals surface area contributed by atoms with Crippen LogP contribution < -0.4 is 10.1 Å². The summed E-state index contributed by atoms with van der Waals surface area (Å²) in [5, 5.41) is 3.60. The molecule has 1 aliphatic rings. The lowest BCUT2D eigenvalue weighted by atomic mass is 10.2. The Kier molecular flexibility index (Phi) is 6.58. The third-order valence-electron chi connectivity index (χ3n) is 4.87. The van der Waals surface area contributed by atoms with E-state index in [0.717, 1.165) is 10.9 Å². The van der Waals surface area contributed by atoms with Crippen molar-refractivity contribution in [3.63, 3.8) is 0 Å². The second-order valence-electron chi connectivity index (χ2n) is 6.68. The summed E-state index contributed by atoms with van der Waals surface area (Å²) in [5.41, 5.74) is 1.23. The summed E-state index contributed by atoms with van der Waals surface area (Å²) in [6, 6.07) is 7.28. The van der Waals surface area contributed by atoms with E-state index < -0.39 is 0 Å². The van der Waals surface area contributed by atoms with Crippen LogP contribution in [0, 0.1) is 0 Å². The first kappa shape index (κ1) is 20.5. The van der Waals surface area contributed by atoms with Gasteiger partial charge in [-0.1, -0.05) is 6.07 Å². The van der Waals surface area contributed by atoms with E-state index in [1.54, 1.807) is 29.9 Å². The number of benzene rings is 1. The number of H-pyrrole nitrogens is 1. The summed E-state index contributed by atoms with van der Waals surface area (Å²) in [5.74, 6) is 0.366. The SMILES string of the molecule is CCOC(=O)N1CCN(C(=O)CCNC(=O)c2cc3c(OC)cccc3[nH]2)CC1. The Bertz CT molecular complexity index is 886. The van der Waals surface area contributed by atoms with Crippen LogP contribution in [0.1, 0.15) is 23.8 Å². The molecule has 2 N–H and O–H groups in total. The maximum absolute atomic E-state index is 12.4. The van der Waals surface area contributed by atoms with Gasteiger partial charge in [0.2, 0.25) is 5.91 Å². The number of aromatic nitrogens is 1. The molecule has 1 aromatic carbocycles. The van der Waals surface area contributed by atoms with E-state index in [-0.39, 0.29) is 30.9 Å². The standard InChI is InChI=1S/C20H26N4O5/c1-3-29-20(27)24-11-9-23(10-12-24)18(25)7-8-21-19(26)16-13-14-15(22-16)5-4-6-17(14)28-2/h4-6,13,22H,3,7-12H2,1-2H3,(H,21,26). The van der Waals surface area contributed by atoms with Gasteiger partial charge in [0, 0.05) is 50.0 Å². The largest absolute Gasteiger partial charge is 0.496 e. The van der Waals surface area contributed by atoms with Gasteiger partial charge in [-0.25, -0.2) is 4.79 Å². The average molecular weight is 402 g/mol. The molecular formula is C20H26N4O5. The smallest absolute Gasteiger partial charge is 0.409 e. The highest BCUT2D eigenvalue weighted by molar-refractivity contribution is 5.99. The Hall–Kier alpha value is -3.23. The number of carbonyl (C=O) groups excluding carboxylic acids is 3. The molecule has 2 aromatic rings. The van der Waals surface area contributed by atoms with Crippen molar-refractivity contribution in [2.45, 2.75) is 13.3 Å².